The zero-order chi connectivity index (χ0) is 21.4. The molecule has 30 heavy (non-hydrogen) atoms. The van der Waals surface area contributed by atoms with Crippen molar-refractivity contribution >= 4 is 34.7 Å². The van der Waals surface area contributed by atoms with Gasteiger partial charge < -0.3 is 5.11 Å². The number of Topliss-reactive ketones (excluding diaryl/α,β-unsaturated/α-hetero) is 1. The molecule has 2 heterocycles. The number of aliphatic hydroxyl groups is 1. The van der Waals surface area contributed by atoms with Crippen LogP contribution in [-0.2, 0) is 9.59 Å². The molecule has 0 spiro atoms. The van der Waals surface area contributed by atoms with E-state index in [0.717, 1.165) is 17.0 Å². The van der Waals surface area contributed by atoms with E-state index in [1.807, 2.05) is 0 Å². The summed E-state index contributed by atoms with van der Waals surface area (Å²) in [6.07, 6.45) is 1.46. The number of aliphatic hydroxyl groups excluding tert-OH is 1. The van der Waals surface area contributed by atoms with Crippen molar-refractivity contribution in [2.45, 2.75) is 6.04 Å². The minimum Gasteiger partial charge on any atom is -0.507 e. The second kappa shape index (κ2) is 7.68. The number of hydrogen-bond donors (Lipinski definition) is 1. The minimum atomic E-state index is -1.17. The first-order chi connectivity index (χ1) is 14.4. The first kappa shape index (κ1) is 19.7. The van der Waals surface area contributed by atoms with Crippen LogP contribution in [0.3, 0.4) is 0 Å². The number of carbonyl (C=O) groups excluding carboxylic acids is 2. The van der Waals surface area contributed by atoms with Gasteiger partial charge in [0, 0.05) is 28.5 Å². The average molecular weight is 427 g/mol. The van der Waals surface area contributed by atoms with Crippen molar-refractivity contribution in [3.63, 3.8) is 0 Å². The number of nitrogens with zero attached hydrogens (tertiary/aromatic N) is 2. The van der Waals surface area contributed by atoms with Crippen LogP contribution in [0.1, 0.15) is 17.3 Å². The van der Waals surface area contributed by atoms with Crippen molar-refractivity contribution in [1.82, 2.24) is 4.98 Å². The smallest absolute Gasteiger partial charge is 0.300 e. The highest BCUT2D eigenvalue weighted by Crippen LogP contribution is 2.41. The Morgan fingerprint density at radius 1 is 1.00 bits per heavy atom. The Morgan fingerprint density at radius 3 is 2.37 bits per heavy atom. The third kappa shape index (κ3) is 3.33. The molecule has 1 aliphatic heterocycles. The fourth-order valence-corrected chi connectivity index (χ4v) is 3.44. The molecule has 1 aromatic heterocycles. The van der Waals surface area contributed by atoms with Crippen molar-refractivity contribution in [2.75, 3.05) is 4.90 Å². The highest BCUT2D eigenvalue weighted by atomic mass is 35.5. The molecule has 0 aliphatic carbocycles. The minimum absolute atomic E-state index is 0.0400. The Labute approximate surface area is 174 Å². The van der Waals surface area contributed by atoms with Crippen LogP contribution in [0.5, 0.6) is 0 Å². The van der Waals surface area contributed by atoms with E-state index in [9.17, 15) is 23.5 Å². The Morgan fingerprint density at radius 2 is 1.73 bits per heavy atom. The van der Waals surface area contributed by atoms with Gasteiger partial charge in [-0.1, -0.05) is 17.7 Å². The molecule has 0 saturated carbocycles. The Hall–Kier alpha value is -3.58. The van der Waals surface area contributed by atoms with Gasteiger partial charge in [0.25, 0.3) is 11.7 Å². The number of aromatic nitrogens is 1. The van der Waals surface area contributed by atoms with Gasteiger partial charge in [-0.05, 0) is 48.5 Å². The lowest BCUT2D eigenvalue weighted by Crippen LogP contribution is -2.30. The van der Waals surface area contributed by atoms with Gasteiger partial charge in [0.05, 0.1) is 11.3 Å². The summed E-state index contributed by atoms with van der Waals surface area (Å²) in [6, 6.07) is 12.6. The summed E-state index contributed by atoms with van der Waals surface area (Å²) in [4.78, 5) is 30.9. The molecule has 8 heteroatoms. The van der Waals surface area contributed by atoms with Crippen LogP contribution in [0.4, 0.5) is 14.5 Å². The van der Waals surface area contributed by atoms with E-state index in [4.69, 9.17) is 11.6 Å². The number of rotatable bonds is 3. The number of carbonyl (C=O) groups is 2. The second-order valence-corrected chi connectivity index (χ2v) is 6.97. The van der Waals surface area contributed by atoms with Crippen molar-refractivity contribution in [3.8, 4) is 0 Å². The third-order valence-electron chi connectivity index (χ3n) is 4.71. The van der Waals surface area contributed by atoms with Crippen molar-refractivity contribution < 1.29 is 23.5 Å². The molecule has 2 aromatic carbocycles. The molecule has 0 bridgehead atoms. The molecule has 1 amide bonds. The Kier molecular flexibility index (Phi) is 5.05. The molecule has 1 atom stereocenters. The largest absolute Gasteiger partial charge is 0.507 e. The van der Waals surface area contributed by atoms with Crippen LogP contribution in [0.25, 0.3) is 5.76 Å². The third-order valence-corrected chi connectivity index (χ3v) is 4.96. The SMILES string of the molecule is O=C1C(=O)N(c2ccc(F)c(F)c2)C(c2ccccn2)/C1=C(\O)c1ccc(Cl)cc1. The van der Waals surface area contributed by atoms with E-state index in [0.29, 0.717) is 5.02 Å². The molecular weight excluding hydrogens is 414 g/mol. The van der Waals surface area contributed by atoms with Crippen molar-refractivity contribution in [1.29, 1.82) is 0 Å². The number of halogens is 3. The standard InChI is InChI=1S/C22H13ClF2N2O3/c23-13-6-4-12(5-7-13)20(28)18-19(17-3-1-2-10-26-17)27(22(30)21(18)29)14-8-9-15(24)16(25)11-14/h1-11,19,28H/b20-18+. The monoisotopic (exact) mass is 426 g/mol. The zero-order valence-corrected chi connectivity index (χ0v) is 16.0. The zero-order valence-electron chi connectivity index (χ0n) is 15.2. The predicted octanol–water partition coefficient (Wildman–Crippen LogP) is 4.64. The molecule has 5 nitrogen and oxygen atoms in total. The summed E-state index contributed by atoms with van der Waals surface area (Å²) in [5.41, 5.74) is 0.285. The second-order valence-electron chi connectivity index (χ2n) is 6.53. The quantitative estimate of drug-likeness (QED) is 0.376. The molecule has 150 valence electrons. The number of anilines is 1. The number of ketones is 1. The number of amides is 1. The Balaban J connectivity index is 1.94. The molecule has 1 saturated heterocycles. The normalized spacial score (nSPS) is 18.1. The first-order valence-corrected chi connectivity index (χ1v) is 9.19. The van der Waals surface area contributed by atoms with E-state index < -0.39 is 35.1 Å². The van der Waals surface area contributed by atoms with Crippen molar-refractivity contribution in [2.24, 2.45) is 0 Å². The summed E-state index contributed by atoms with van der Waals surface area (Å²) in [7, 11) is 0. The maximum atomic E-state index is 13.9. The van der Waals surface area contributed by atoms with Crippen LogP contribution in [0, 0.1) is 11.6 Å². The van der Waals surface area contributed by atoms with Crippen LogP contribution < -0.4 is 4.90 Å². The molecule has 1 aliphatic rings. The van der Waals surface area contributed by atoms with E-state index >= 15 is 0 Å². The van der Waals surface area contributed by atoms with Gasteiger partial charge in [-0.25, -0.2) is 8.78 Å². The van der Waals surface area contributed by atoms with E-state index in [-0.39, 0.29) is 22.5 Å². The van der Waals surface area contributed by atoms with E-state index in [2.05, 4.69) is 4.98 Å². The van der Waals surface area contributed by atoms with Crippen LogP contribution in [0.2, 0.25) is 5.02 Å². The molecule has 3 aromatic rings. The number of hydrogen-bond acceptors (Lipinski definition) is 4. The van der Waals surface area contributed by atoms with E-state index in [1.165, 1.54) is 36.5 Å². The topological polar surface area (TPSA) is 70.5 Å². The highest BCUT2D eigenvalue weighted by Gasteiger charge is 2.47. The van der Waals surface area contributed by atoms with Gasteiger partial charge in [-0.3, -0.25) is 19.5 Å². The lowest BCUT2D eigenvalue weighted by molar-refractivity contribution is -0.132. The van der Waals surface area contributed by atoms with Gasteiger partial charge in [-0.15, -0.1) is 0 Å². The molecule has 1 fully saturated rings. The van der Waals surface area contributed by atoms with E-state index in [1.54, 1.807) is 18.2 Å². The first-order valence-electron chi connectivity index (χ1n) is 8.81. The lowest BCUT2D eigenvalue weighted by atomic mass is 9.98. The number of benzene rings is 2. The van der Waals surface area contributed by atoms with Crippen LogP contribution >= 0.6 is 11.6 Å². The van der Waals surface area contributed by atoms with Gasteiger partial charge in [0.1, 0.15) is 11.8 Å². The maximum absolute atomic E-state index is 13.9. The average Bonchev–Trinajstić information content (AvgIpc) is 3.01. The summed E-state index contributed by atoms with van der Waals surface area (Å²) in [6.45, 7) is 0. The highest BCUT2D eigenvalue weighted by molar-refractivity contribution is 6.51. The van der Waals surface area contributed by atoms with Crippen LogP contribution in [-0.4, -0.2) is 21.8 Å². The molecule has 4 rings (SSSR count). The fourth-order valence-electron chi connectivity index (χ4n) is 3.31. The molecule has 1 unspecified atom stereocenters. The van der Waals surface area contributed by atoms with Gasteiger partial charge in [-0.2, -0.15) is 0 Å². The van der Waals surface area contributed by atoms with Crippen molar-refractivity contribution in [3.05, 3.63) is 100 Å². The summed E-state index contributed by atoms with van der Waals surface area (Å²) >= 11 is 5.88. The molecule has 1 N–H and O–H groups in total. The summed E-state index contributed by atoms with van der Waals surface area (Å²) < 4.78 is 27.3. The summed E-state index contributed by atoms with van der Waals surface area (Å²) in [5.74, 6) is -4.65. The van der Waals surface area contributed by atoms with Gasteiger partial charge in [0.15, 0.2) is 11.6 Å². The fraction of sp³-hybridized carbons (Fsp3) is 0.0455. The predicted molar refractivity (Wildman–Crippen MR) is 107 cm³/mol. The summed E-state index contributed by atoms with van der Waals surface area (Å²) in [5, 5.41) is 11.3. The molecule has 0 radical (unpaired) electrons. The maximum Gasteiger partial charge on any atom is 0.300 e. The van der Waals surface area contributed by atoms with Gasteiger partial charge >= 0.3 is 0 Å². The lowest BCUT2D eigenvalue weighted by Gasteiger charge is -2.24. The number of pyridine rings is 1. The van der Waals surface area contributed by atoms with Gasteiger partial charge in [0.2, 0.25) is 0 Å². The molecular formula is C22H13ClF2N2O3. The Bertz CT molecular complexity index is 1180. The van der Waals surface area contributed by atoms with Crippen LogP contribution in [0.15, 0.2) is 72.4 Å².